The molecule has 0 spiro atoms. The summed E-state index contributed by atoms with van der Waals surface area (Å²) in [5.41, 5.74) is 2.69. The molecule has 2 nitrogen and oxygen atoms in total. The Balaban J connectivity index is 2.30. The molecule has 1 unspecified atom stereocenters. The molecule has 1 atom stereocenters. The Morgan fingerprint density at radius 1 is 1.47 bits per heavy atom. The smallest absolute Gasteiger partial charge is 0.0876 e. The standard InChI is InChI=1S/C15H19BrINO/c1-2-7-18-15(11-4-3-8-19-10-11)13-9-12(16)5-6-14(13)17/h5-6,9-10,15,18H,2-4,7-8H2,1H3. The Labute approximate surface area is 137 Å². The molecule has 1 N–H and O–H groups in total. The normalized spacial score (nSPS) is 16.7. The number of ether oxygens (including phenoxy) is 1. The lowest BCUT2D eigenvalue weighted by atomic mass is 9.95. The second-order valence-electron chi connectivity index (χ2n) is 4.72. The predicted molar refractivity (Wildman–Crippen MR) is 91.2 cm³/mol. The van der Waals surface area contributed by atoms with Gasteiger partial charge in [-0.2, -0.15) is 0 Å². The van der Waals surface area contributed by atoms with Gasteiger partial charge in [0.05, 0.1) is 18.9 Å². The largest absolute Gasteiger partial charge is 0.501 e. The molecule has 19 heavy (non-hydrogen) atoms. The molecule has 4 heteroatoms. The molecule has 1 aromatic carbocycles. The van der Waals surface area contributed by atoms with Crippen LogP contribution in [0.3, 0.4) is 0 Å². The Morgan fingerprint density at radius 3 is 3.00 bits per heavy atom. The van der Waals surface area contributed by atoms with E-state index in [2.05, 4.69) is 69.0 Å². The van der Waals surface area contributed by atoms with E-state index < -0.39 is 0 Å². The van der Waals surface area contributed by atoms with Crippen molar-refractivity contribution in [3.63, 3.8) is 0 Å². The van der Waals surface area contributed by atoms with E-state index in [9.17, 15) is 0 Å². The summed E-state index contributed by atoms with van der Waals surface area (Å²) in [6, 6.07) is 6.73. The topological polar surface area (TPSA) is 21.3 Å². The molecule has 0 saturated heterocycles. The van der Waals surface area contributed by atoms with Crippen molar-refractivity contribution >= 4 is 38.5 Å². The first-order valence-corrected chi connectivity index (χ1v) is 8.58. The van der Waals surface area contributed by atoms with E-state index in [4.69, 9.17) is 4.74 Å². The third-order valence-corrected chi connectivity index (χ3v) is 4.68. The summed E-state index contributed by atoms with van der Waals surface area (Å²) in [5.74, 6) is 0. The number of benzene rings is 1. The maximum absolute atomic E-state index is 5.52. The fourth-order valence-electron chi connectivity index (χ4n) is 2.26. The van der Waals surface area contributed by atoms with Crippen LogP contribution >= 0.6 is 38.5 Å². The minimum Gasteiger partial charge on any atom is -0.501 e. The first kappa shape index (κ1) is 15.3. The Morgan fingerprint density at radius 2 is 2.32 bits per heavy atom. The third kappa shape index (κ3) is 4.20. The van der Waals surface area contributed by atoms with E-state index in [1.807, 2.05) is 6.26 Å². The van der Waals surface area contributed by atoms with E-state index >= 15 is 0 Å². The molecule has 1 aliphatic heterocycles. The highest BCUT2D eigenvalue weighted by Crippen LogP contribution is 2.32. The molecule has 1 aliphatic rings. The van der Waals surface area contributed by atoms with Crippen LogP contribution in [-0.2, 0) is 4.74 Å². The van der Waals surface area contributed by atoms with Gasteiger partial charge >= 0.3 is 0 Å². The lowest BCUT2D eigenvalue weighted by Crippen LogP contribution is -2.26. The van der Waals surface area contributed by atoms with E-state index in [-0.39, 0.29) is 6.04 Å². The molecule has 0 fully saturated rings. The van der Waals surface area contributed by atoms with Crippen molar-refractivity contribution in [2.45, 2.75) is 32.2 Å². The molecule has 104 valence electrons. The van der Waals surface area contributed by atoms with Gasteiger partial charge in [0.15, 0.2) is 0 Å². The summed E-state index contributed by atoms with van der Waals surface area (Å²) in [5, 5.41) is 3.65. The first-order valence-electron chi connectivity index (χ1n) is 6.71. The summed E-state index contributed by atoms with van der Waals surface area (Å²) >= 11 is 5.99. The second kappa shape index (κ2) is 7.64. The van der Waals surface area contributed by atoms with Gasteiger partial charge in [0.1, 0.15) is 0 Å². The van der Waals surface area contributed by atoms with Crippen molar-refractivity contribution < 1.29 is 4.74 Å². The van der Waals surface area contributed by atoms with Crippen LogP contribution in [0.1, 0.15) is 37.8 Å². The van der Waals surface area contributed by atoms with E-state index in [1.54, 1.807) is 0 Å². The quantitative estimate of drug-likeness (QED) is 0.671. The number of hydrogen-bond acceptors (Lipinski definition) is 2. The zero-order valence-electron chi connectivity index (χ0n) is 11.1. The van der Waals surface area contributed by atoms with Crippen LogP contribution in [-0.4, -0.2) is 13.2 Å². The zero-order chi connectivity index (χ0) is 13.7. The highest BCUT2D eigenvalue weighted by molar-refractivity contribution is 14.1. The van der Waals surface area contributed by atoms with Gasteiger partial charge in [-0.25, -0.2) is 0 Å². The molecule has 1 heterocycles. The van der Waals surface area contributed by atoms with Crippen LogP contribution in [0.4, 0.5) is 0 Å². The summed E-state index contributed by atoms with van der Waals surface area (Å²) in [4.78, 5) is 0. The van der Waals surface area contributed by atoms with Gasteiger partial charge < -0.3 is 10.1 Å². The minimum absolute atomic E-state index is 0.268. The maximum atomic E-state index is 5.52. The summed E-state index contributed by atoms with van der Waals surface area (Å²) < 4.78 is 7.94. The van der Waals surface area contributed by atoms with Crippen molar-refractivity contribution in [3.05, 3.63) is 43.6 Å². The average Bonchev–Trinajstić information content (AvgIpc) is 2.44. The van der Waals surface area contributed by atoms with Gasteiger partial charge in [-0.3, -0.25) is 0 Å². The second-order valence-corrected chi connectivity index (χ2v) is 6.80. The number of halogens is 2. The van der Waals surface area contributed by atoms with E-state index in [1.165, 1.54) is 14.7 Å². The molecular formula is C15H19BrINO. The fraction of sp³-hybridized carbons (Fsp3) is 0.467. The lowest BCUT2D eigenvalue weighted by Gasteiger charge is -2.26. The van der Waals surface area contributed by atoms with Crippen molar-refractivity contribution in [2.24, 2.45) is 0 Å². The number of hydrogen-bond donors (Lipinski definition) is 1. The predicted octanol–water partition coefficient (Wildman–Crippen LogP) is 4.79. The van der Waals surface area contributed by atoms with Crippen LogP contribution in [0.2, 0.25) is 0 Å². The van der Waals surface area contributed by atoms with Crippen LogP contribution in [0.25, 0.3) is 0 Å². The van der Waals surface area contributed by atoms with Crippen LogP contribution in [0.5, 0.6) is 0 Å². The summed E-state index contributed by atoms with van der Waals surface area (Å²) in [7, 11) is 0. The molecule has 0 saturated carbocycles. The highest BCUT2D eigenvalue weighted by atomic mass is 127. The van der Waals surface area contributed by atoms with Crippen molar-refractivity contribution in [1.29, 1.82) is 0 Å². The number of nitrogens with one attached hydrogen (secondary N) is 1. The minimum atomic E-state index is 0.268. The molecular weight excluding hydrogens is 417 g/mol. The molecule has 1 aromatic rings. The van der Waals surface area contributed by atoms with Gasteiger partial charge in [-0.05, 0) is 77.7 Å². The molecule has 0 aromatic heterocycles. The van der Waals surface area contributed by atoms with Gasteiger partial charge in [-0.1, -0.05) is 22.9 Å². The van der Waals surface area contributed by atoms with Gasteiger partial charge in [-0.15, -0.1) is 0 Å². The van der Waals surface area contributed by atoms with Crippen LogP contribution < -0.4 is 5.32 Å². The monoisotopic (exact) mass is 435 g/mol. The van der Waals surface area contributed by atoms with Gasteiger partial charge in [0.25, 0.3) is 0 Å². The van der Waals surface area contributed by atoms with Gasteiger partial charge in [0.2, 0.25) is 0 Å². The van der Waals surface area contributed by atoms with E-state index in [0.29, 0.717) is 0 Å². The van der Waals surface area contributed by atoms with Crippen molar-refractivity contribution in [3.8, 4) is 0 Å². The SMILES string of the molecule is CCCNC(C1=COCCC1)c1cc(Br)ccc1I. The molecule has 0 amide bonds. The molecule has 2 rings (SSSR count). The Bertz CT molecular complexity index is 461. The van der Waals surface area contributed by atoms with Gasteiger partial charge in [0, 0.05) is 8.04 Å². The van der Waals surface area contributed by atoms with E-state index in [0.717, 1.165) is 36.9 Å². The molecule has 0 radical (unpaired) electrons. The Kier molecular flexibility index (Phi) is 6.16. The summed E-state index contributed by atoms with van der Waals surface area (Å²) in [6.07, 6.45) is 5.31. The van der Waals surface area contributed by atoms with Crippen LogP contribution in [0.15, 0.2) is 34.5 Å². The first-order chi connectivity index (χ1) is 9.22. The average molecular weight is 436 g/mol. The van der Waals surface area contributed by atoms with Crippen molar-refractivity contribution in [2.75, 3.05) is 13.2 Å². The maximum Gasteiger partial charge on any atom is 0.0876 e. The number of rotatable bonds is 5. The van der Waals surface area contributed by atoms with Crippen molar-refractivity contribution in [1.82, 2.24) is 5.32 Å². The third-order valence-electron chi connectivity index (χ3n) is 3.20. The lowest BCUT2D eigenvalue weighted by molar-refractivity contribution is 0.219. The van der Waals surface area contributed by atoms with Crippen LogP contribution in [0, 0.1) is 3.57 Å². The Hall–Kier alpha value is -0.0700. The highest BCUT2D eigenvalue weighted by Gasteiger charge is 2.20. The molecule has 0 aliphatic carbocycles. The summed E-state index contributed by atoms with van der Waals surface area (Å²) in [6.45, 7) is 4.06. The zero-order valence-corrected chi connectivity index (χ0v) is 14.8. The molecule has 0 bridgehead atoms. The fourth-order valence-corrected chi connectivity index (χ4v) is 3.29.